The van der Waals surface area contributed by atoms with Gasteiger partial charge in [0.15, 0.2) is 5.78 Å². The van der Waals surface area contributed by atoms with Crippen LogP contribution in [0.5, 0.6) is 0 Å². The Kier molecular flexibility index (Phi) is 3.20. The smallest absolute Gasteiger partial charge is 0.197 e. The lowest BCUT2D eigenvalue weighted by Crippen LogP contribution is -2.37. The van der Waals surface area contributed by atoms with Crippen LogP contribution >= 0.6 is 0 Å². The molecule has 1 aromatic rings. The van der Waals surface area contributed by atoms with Crippen molar-refractivity contribution in [3.8, 4) is 0 Å². The predicted octanol–water partition coefficient (Wildman–Crippen LogP) is 2.01. The normalized spacial score (nSPS) is 31.3. The predicted molar refractivity (Wildman–Crippen MR) is 69.5 cm³/mol. The molecule has 1 aromatic heterocycles. The van der Waals surface area contributed by atoms with Crippen LogP contribution in [0.1, 0.15) is 49.5 Å². The molecule has 0 aromatic carbocycles. The molecule has 2 heterocycles. The minimum Gasteiger partial charge on any atom is -0.304 e. The molecule has 1 saturated carbocycles. The van der Waals surface area contributed by atoms with Crippen LogP contribution in [0.15, 0.2) is 12.3 Å². The first-order valence-electron chi connectivity index (χ1n) is 7.11. The fraction of sp³-hybridized carbons (Fsp3) is 0.714. The number of Topliss-reactive ketones (excluding diaryl/α,β-unsaturated/α-hetero) is 1. The van der Waals surface area contributed by atoms with Gasteiger partial charge in [-0.1, -0.05) is 12.8 Å². The molecule has 1 N–H and O–H groups in total. The molecule has 1 saturated heterocycles. The van der Waals surface area contributed by atoms with Gasteiger partial charge in [-0.3, -0.25) is 9.48 Å². The van der Waals surface area contributed by atoms with Gasteiger partial charge in [-0.2, -0.15) is 5.10 Å². The average molecular weight is 247 g/mol. The fourth-order valence-corrected chi connectivity index (χ4v) is 3.49. The first-order chi connectivity index (χ1) is 8.79. The molecule has 0 amide bonds. The van der Waals surface area contributed by atoms with Gasteiger partial charge in [-0.15, -0.1) is 0 Å². The molecule has 0 bridgehead atoms. The summed E-state index contributed by atoms with van der Waals surface area (Å²) in [7, 11) is 0. The molecule has 2 aliphatic rings. The van der Waals surface area contributed by atoms with Crippen LogP contribution in [0, 0.1) is 5.92 Å². The zero-order chi connectivity index (χ0) is 12.5. The van der Waals surface area contributed by atoms with Gasteiger partial charge in [0.1, 0.15) is 5.69 Å². The summed E-state index contributed by atoms with van der Waals surface area (Å²) in [6.07, 6.45) is 7.89. The summed E-state index contributed by atoms with van der Waals surface area (Å²) >= 11 is 0. The van der Waals surface area contributed by atoms with Crippen molar-refractivity contribution in [2.24, 2.45) is 5.92 Å². The zero-order valence-electron chi connectivity index (χ0n) is 10.9. The molecule has 98 valence electrons. The van der Waals surface area contributed by atoms with Gasteiger partial charge in [-0.25, -0.2) is 0 Å². The third-order valence-corrected chi connectivity index (χ3v) is 4.45. The summed E-state index contributed by atoms with van der Waals surface area (Å²) in [5, 5.41) is 7.73. The second-order valence-electron chi connectivity index (χ2n) is 5.50. The molecule has 1 aliphatic heterocycles. The lowest BCUT2D eigenvalue weighted by atomic mass is 9.84. The number of hydrogen-bond acceptors (Lipinski definition) is 3. The Morgan fingerprint density at radius 3 is 3.11 bits per heavy atom. The zero-order valence-corrected chi connectivity index (χ0v) is 10.9. The molecular formula is C14H21N3O. The number of nitrogens with one attached hydrogen (secondary N) is 1. The number of carbonyl (C=O) groups excluding carboxylic acids is 1. The fourth-order valence-electron chi connectivity index (χ4n) is 3.49. The number of ketones is 1. The first-order valence-corrected chi connectivity index (χ1v) is 7.11. The van der Waals surface area contributed by atoms with E-state index in [0.717, 1.165) is 18.7 Å². The van der Waals surface area contributed by atoms with Crippen LogP contribution in [0.4, 0.5) is 0 Å². The third kappa shape index (κ3) is 1.99. The summed E-state index contributed by atoms with van der Waals surface area (Å²) in [5.74, 6) is 0.939. The van der Waals surface area contributed by atoms with E-state index in [1.54, 1.807) is 10.9 Å². The maximum atomic E-state index is 12.5. The Labute approximate surface area is 108 Å². The Morgan fingerprint density at radius 1 is 1.50 bits per heavy atom. The van der Waals surface area contributed by atoms with Crippen LogP contribution in [0.25, 0.3) is 0 Å². The highest BCUT2D eigenvalue weighted by Gasteiger charge is 2.38. The van der Waals surface area contributed by atoms with Gasteiger partial charge in [-0.05, 0) is 38.2 Å². The van der Waals surface area contributed by atoms with Gasteiger partial charge in [0.2, 0.25) is 0 Å². The summed E-state index contributed by atoms with van der Waals surface area (Å²) in [6.45, 7) is 2.78. The van der Waals surface area contributed by atoms with Crippen molar-refractivity contribution in [2.75, 3.05) is 0 Å². The monoisotopic (exact) mass is 247 g/mol. The van der Waals surface area contributed by atoms with Crippen molar-refractivity contribution >= 4 is 5.78 Å². The molecule has 3 atom stereocenters. The van der Waals surface area contributed by atoms with Crippen LogP contribution in [-0.2, 0) is 6.54 Å². The van der Waals surface area contributed by atoms with Crippen LogP contribution < -0.4 is 5.32 Å². The van der Waals surface area contributed by atoms with E-state index < -0.39 is 0 Å². The summed E-state index contributed by atoms with van der Waals surface area (Å²) in [5.41, 5.74) is 0.758. The van der Waals surface area contributed by atoms with E-state index in [2.05, 4.69) is 10.4 Å². The average Bonchev–Trinajstić information content (AvgIpc) is 3.03. The molecule has 0 radical (unpaired) electrons. The maximum Gasteiger partial charge on any atom is 0.197 e. The quantitative estimate of drug-likeness (QED) is 0.831. The van der Waals surface area contributed by atoms with Crippen molar-refractivity contribution in [2.45, 2.75) is 57.7 Å². The van der Waals surface area contributed by atoms with Crippen LogP contribution in [-0.4, -0.2) is 27.6 Å². The first kappa shape index (κ1) is 11.9. The lowest BCUT2D eigenvalue weighted by Gasteiger charge is -2.24. The standard InChI is InChI=1S/C14H21N3O/c1-2-17-13(7-8-15-17)14(18)12-9-10-5-3-4-6-11(10)16-12/h7-8,10-12,16H,2-6,9H2,1H3. The Hall–Kier alpha value is -1.16. The minimum absolute atomic E-state index is 0.0140. The van der Waals surface area contributed by atoms with Crippen LogP contribution in [0.2, 0.25) is 0 Å². The molecule has 3 unspecified atom stereocenters. The van der Waals surface area contributed by atoms with Crippen molar-refractivity contribution < 1.29 is 4.79 Å². The number of rotatable bonds is 3. The van der Waals surface area contributed by atoms with Gasteiger partial charge < -0.3 is 5.32 Å². The number of hydrogen-bond donors (Lipinski definition) is 1. The van der Waals surface area contributed by atoms with E-state index in [-0.39, 0.29) is 11.8 Å². The molecule has 18 heavy (non-hydrogen) atoms. The SMILES string of the molecule is CCn1nccc1C(=O)C1CC2CCCCC2N1. The Bertz CT molecular complexity index is 426. The molecule has 3 rings (SSSR count). The Morgan fingerprint density at radius 2 is 2.33 bits per heavy atom. The summed E-state index contributed by atoms with van der Waals surface area (Å²) in [6, 6.07) is 2.43. The third-order valence-electron chi connectivity index (χ3n) is 4.45. The number of aromatic nitrogens is 2. The highest BCUT2D eigenvalue weighted by molar-refractivity contribution is 5.98. The molecule has 1 aliphatic carbocycles. The van der Waals surface area contributed by atoms with Crippen molar-refractivity contribution in [3.05, 3.63) is 18.0 Å². The number of nitrogens with zero attached hydrogens (tertiary/aromatic N) is 2. The van der Waals surface area contributed by atoms with Gasteiger partial charge in [0.25, 0.3) is 0 Å². The van der Waals surface area contributed by atoms with Crippen LogP contribution in [0.3, 0.4) is 0 Å². The van der Waals surface area contributed by atoms with Crippen molar-refractivity contribution in [3.63, 3.8) is 0 Å². The number of carbonyl (C=O) groups is 1. The molecule has 0 spiro atoms. The van der Waals surface area contributed by atoms with E-state index >= 15 is 0 Å². The summed E-state index contributed by atoms with van der Waals surface area (Å²) in [4.78, 5) is 12.5. The summed E-state index contributed by atoms with van der Waals surface area (Å²) < 4.78 is 1.80. The van der Waals surface area contributed by atoms with E-state index in [9.17, 15) is 4.79 Å². The lowest BCUT2D eigenvalue weighted by molar-refractivity contribution is 0.0938. The highest BCUT2D eigenvalue weighted by atomic mass is 16.1. The molecular weight excluding hydrogens is 226 g/mol. The van der Waals surface area contributed by atoms with Gasteiger partial charge in [0, 0.05) is 18.8 Å². The largest absolute Gasteiger partial charge is 0.304 e. The molecule has 4 nitrogen and oxygen atoms in total. The Balaban J connectivity index is 1.74. The number of aryl methyl sites for hydroxylation is 1. The van der Waals surface area contributed by atoms with E-state index in [4.69, 9.17) is 0 Å². The maximum absolute atomic E-state index is 12.5. The molecule has 2 fully saturated rings. The van der Waals surface area contributed by atoms with Gasteiger partial charge >= 0.3 is 0 Å². The highest BCUT2D eigenvalue weighted by Crippen LogP contribution is 2.34. The van der Waals surface area contributed by atoms with E-state index in [1.165, 1.54) is 25.7 Å². The second-order valence-corrected chi connectivity index (χ2v) is 5.50. The van der Waals surface area contributed by atoms with Crippen molar-refractivity contribution in [1.29, 1.82) is 0 Å². The van der Waals surface area contributed by atoms with E-state index in [1.807, 2.05) is 13.0 Å². The van der Waals surface area contributed by atoms with Gasteiger partial charge in [0.05, 0.1) is 6.04 Å². The number of fused-ring (bicyclic) bond motifs is 1. The topological polar surface area (TPSA) is 46.9 Å². The minimum atomic E-state index is 0.0140. The molecule has 4 heteroatoms. The van der Waals surface area contributed by atoms with E-state index in [0.29, 0.717) is 12.0 Å². The van der Waals surface area contributed by atoms with Crippen molar-refractivity contribution in [1.82, 2.24) is 15.1 Å². The second kappa shape index (κ2) is 4.84.